The van der Waals surface area contributed by atoms with Gasteiger partial charge in [0.2, 0.25) is 11.8 Å². The third-order valence-corrected chi connectivity index (χ3v) is 4.26. The number of nitrogens with zero attached hydrogens (tertiary/aromatic N) is 1. The van der Waals surface area contributed by atoms with E-state index in [2.05, 4.69) is 10.6 Å². The predicted octanol–water partition coefficient (Wildman–Crippen LogP) is 1.33. The molecule has 0 aromatic heterocycles. The summed E-state index contributed by atoms with van der Waals surface area (Å²) in [5.41, 5.74) is 0.901. The Morgan fingerprint density at radius 1 is 1.23 bits per heavy atom. The maximum absolute atomic E-state index is 12.4. The molecule has 2 unspecified atom stereocenters. The minimum absolute atomic E-state index is 0. The Bertz CT molecular complexity index is 517. The van der Waals surface area contributed by atoms with Gasteiger partial charge in [0.1, 0.15) is 6.04 Å². The maximum atomic E-state index is 12.4. The Labute approximate surface area is 136 Å². The Kier molecular flexibility index (Phi) is 5.80. The molecule has 2 aliphatic heterocycles. The van der Waals surface area contributed by atoms with Crippen LogP contribution in [-0.4, -0.2) is 37.5 Å². The van der Waals surface area contributed by atoms with Gasteiger partial charge in [0.15, 0.2) is 0 Å². The number of amides is 2. The zero-order valence-corrected chi connectivity index (χ0v) is 13.3. The molecule has 120 valence electrons. The van der Waals surface area contributed by atoms with Gasteiger partial charge in [-0.2, -0.15) is 0 Å². The highest BCUT2D eigenvalue weighted by Crippen LogP contribution is 2.21. The molecule has 2 saturated heterocycles. The van der Waals surface area contributed by atoms with Crippen LogP contribution in [0, 0.1) is 5.92 Å². The Hall–Kier alpha value is -1.59. The fourth-order valence-corrected chi connectivity index (χ4v) is 3.04. The molecule has 3 rings (SSSR count). The molecule has 1 aromatic carbocycles. The van der Waals surface area contributed by atoms with E-state index >= 15 is 0 Å². The number of para-hydroxylation sites is 1. The van der Waals surface area contributed by atoms with Crippen molar-refractivity contribution in [2.24, 2.45) is 5.92 Å². The summed E-state index contributed by atoms with van der Waals surface area (Å²) in [7, 11) is 0. The van der Waals surface area contributed by atoms with Crippen LogP contribution in [0.15, 0.2) is 30.3 Å². The second-order valence-electron chi connectivity index (χ2n) is 5.72. The first-order valence-corrected chi connectivity index (χ1v) is 7.63. The van der Waals surface area contributed by atoms with E-state index in [1.54, 1.807) is 4.90 Å². The van der Waals surface area contributed by atoms with Crippen LogP contribution in [0.3, 0.4) is 0 Å². The van der Waals surface area contributed by atoms with Crippen molar-refractivity contribution in [3.63, 3.8) is 0 Å². The van der Waals surface area contributed by atoms with Gasteiger partial charge in [-0.25, -0.2) is 0 Å². The number of carbonyl (C=O) groups excluding carboxylic acids is 2. The SMILES string of the molecule is Cl.O=C(NC1CCN(c2ccccc2)C1=O)C1CCCNC1. The molecule has 5 nitrogen and oxygen atoms in total. The van der Waals surface area contributed by atoms with Gasteiger partial charge in [-0.05, 0) is 37.9 Å². The van der Waals surface area contributed by atoms with Gasteiger partial charge in [0, 0.05) is 18.8 Å². The minimum Gasteiger partial charge on any atom is -0.344 e. The predicted molar refractivity (Wildman–Crippen MR) is 88.2 cm³/mol. The molecule has 0 aliphatic carbocycles. The van der Waals surface area contributed by atoms with Crippen LogP contribution in [-0.2, 0) is 9.59 Å². The number of nitrogens with one attached hydrogen (secondary N) is 2. The van der Waals surface area contributed by atoms with Crippen LogP contribution < -0.4 is 15.5 Å². The van der Waals surface area contributed by atoms with Gasteiger partial charge >= 0.3 is 0 Å². The summed E-state index contributed by atoms with van der Waals surface area (Å²) in [6.07, 6.45) is 2.61. The number of benzene rings is 1. The molecule has 0 spiro atoms. The average Bonchev–Trinajstić information content (AvgIpc) is 2.90. The minimum atomic E-state index is -0.375. The molecule has 0 radical (unpaired) electrons. The lowest BCUT2D eigenvalue weighted by molar-refractivity contribution is -0.129. The van der Waals surface area contributed by atoms with Gasteiger partial charge in [0.05, 0.1) is 5.92 Å². The van der Waals surface area contributed by atoms with E-state index < -0.39 is 0 Å². The normalized spacial score (nSPS) is 24.7. The lowest BCUT2D eigenvalue weighted by Crippen LogP contribution is -2.47. The zero-order chi connectivity index (χ0) is 14.7. The van der Waals surface area contributed by atoms with Crippen LogP contribution in [0.4, 0.5) is 5.69 Å². The highest BCUT2D eigenvalue weighted by Gasteiger charge is 2.34. The van der Waals surface area contributed by atoms with Crippen molar-refractivity contribution >= 4 is 29.9 Å². The van der Waals surface area contributed by atoms with Crippen molar-refractivity contribution in [1.29, 1.82) is 0 Å². The van der Waals surface area contributed by atoms with E-state index in [0.717, 1.165) is 31.6 Å². The van der Waals surface area contributed by atoms with E-state index in [1.165, 1.54) is 0 Å². The van der Waals surface area contributed by atoms with Crippen molar-refractivity contribution in [2.45, 2.75) is 25.3 Å². The van der Waals surface area contributed by atoms with E-state index in [0.29, 0.717) is 13.0 Å². The third kappa shape index (κ3) is 3.59. The molecule has 2 aliphatic rings. The van der Waals surface area contributed by atoms with E-state index in [4.69, 9.17) is 0 Å². The first kappa shape index (κ1) is 16.8. The van der Waals surface area contributed by atoms with Gasteiger partial charge in [-0.15, -0.1) is 12.4 Å². The fourth-order valence-electron chi connectivity index (χ4n) is 3.04. The summed E-state index contributed by atoms with van der Waals surface area (Å²) in [6.45, 7) is 2.36. The van der Waals surface area contributed by atoms with Crippen molar-refractivity contribution < 1.29 is 9.59 Å². The monoisotopic (exact) mass is 323 g/mol. The Morgan fingerprint density at radius 3 is 2.68 bits per heavy atom. The second kappa shape index (κ2) is 7.61. The van der Waals surface area contributed by atoms with Crippen LogP contribution in [0.25, 0.3) is 0 Å². The number of carbonyl (C=O) groups is 2. The summed E-state index contributed by atoms with van der Waals surface area (Å²) in [5.74, 6) is 0.00565. The summed E-state index contributed by atoms with van der Waals surface area (Å²) >= 11 is 0. The molecule has 2 amide bonds. The summed E-state index contributed by atoms with van der Waals surface area (Å²) in [4.78, 5) is 26.4. The van der Waals surface area contributed by atoms with E-state index in [9.17, 15) is 9.59 Å². The first-order valence-electron chi connectivity index (χ1n) is 7.63. The van der Waals surface area contributed by atoms with Gasteiger partial charge in [-0.3, -0.25) is 9.59 Å². The molecule has 2 fully saturated rings. The van der Waals surface area contributed by atoms with Crippen LogP contribution >= 0.6 is 12.4 Å². The Balaban J connectivity index is 0.00000176. The van der Waals surface area contributed by atoms with E-state index in [-0.39, 0.29) is 36.2 Å². The van der Waals surface area contributed by atoms with Crippen molar-refractivity contribution in [3.8, 4) is 0 Å². The van der Waals surface area contributed by atoms with E-state index in [1.807, 2.05) is 30.3 Å². The summed E-state index contributed by atoms with van der Waals surface area (Å²) in [6, 6.07) is 9.24. The maximum Gasteiger partial charge on any atom is 0.249 e. The van der Waals surface area contributed by atoms with Gasteiger partial charge in [0.25, 0.3) is 0 Å². The zero-order valence-electron chi connectivity index (χ0n) is 12.5. The van der Waals surface area contributed by atoms with Crippen molar-refractivity contribution in [3.05, 3.63) is 30.3 Å². The molecule has 1 aromatic rings. The summed E-state index contributed by atoms with van der Waals surface area (Å²) in [5, 5.41) is 6.16. The highest BCUT2D eigenvalue weighted by atomic mass is 35.5. The van der Waals surface area contributed by atoms with Crippen LogP contribution in [0.1, 0.15) is 19.3 Å². The van der Waals surface area contributed by atoms with Crippen LogP contribution in [0.5, 0.6) is 0 Å². The molecular weight excluding hydrogens is 302 g/mol. The highest BCUT2D eigenvalue weighted by molar-refractivity contribution is 6.01. The number of rotatable bonds is 3. The second-order valence-corrected chi connectivity index (χ2v) is 5.72. The quantitative estimate of drug-likeness (QED) is 0.882. The molecule has 22 heavy (non-hydrogen) atoms. The number of hydrogen-bond acceptors (Lipinski definition) is 3. The Morgan fingerprint density at radius 2 is 2.00 bits per heavy atom. The molecule has 6 heteroatoms. The number of piperidine rings is 1. The fraction of sp³-hybridized carbons (Fsp3) is 0.500. The van der Waals surface area contributed by atoms with Crippen molar-refractivity contribution in [1.82, 2.24) is 10.6 Å². The lowest BCUT2D eigenvalue weighted by atomic mass is 9.98. The first-order chi connectivity index (χ1) is 10.3. The average molecular weight is 324 g/mol. The topological polar surface area (TPSA) is 61.4 Å². The molecule has 2 N–H and O–H groups in total. The third-order valence-electron chi connectivity index (χ3n) is 4.26. The van der Waals surface area contributed by atoms with Crippen molar-refractivity contribution in [2.75, 3.05) is 24.5 Å². The number of halogens is 1. The number of anilines is 1. The number of hydrogen-bond donors (Lipinski definition) is 2. The van der Waals surface area contributed by atoms with Crippen LogP contribution in [0.2, 0.25) is 0 Å². The summed E-state index contributed by atoms with van der Waals surface area (Å²) < 4.78 is 0. The lowest BCUT2D eigenvalue weighted by Gasteiger charge is -2.23. The van der Waals surface area contributed by atoms with Gasteiger partial charge < -0.3 is 15.5 Å². The standard InChI is InChI=1S/C16H21N3O2.ClH/c20-15(12-5-4-9-17-11-12)18-14-8-10-19(16(14)21)13-6-2-1-3-7-13;/h1-3,6-7,12,14,17H,4-5,8-11H2,(H,18,20);1H. The molecular formula is C16H22ClN3O2. The molecule has 2 atom stereocenters. The largest absolute Gasteiger partial charge is 0.344 e. The molecule has 0 saturated carbocycles. The molecule has 2 heterocycles. The van der Waals surface area contributed by atoms with Gasteiger partial charge in [-0.1, -0.05) is 18.2 Å². The molecule has 0 bridgehead atoms. The smallest absolute Gasteiger partial charge is 0.249 e.